The van der Waals surface area contributed by atoms with Crippen LogP contribution in [0.25, 0.3) is 0 Å². The van der Waals surface area contributed by atoms with Gasteiger partial charge in [0.2, 0.25) is 0 Å². The Morgan fingerprint density at radius 1 is 1.31 bits per heavy atom. The maximum Gasteiger partial charge on any atom is 0.155 e. The van der Waals surface area contributed by atoms with Crippen molar-refractivity contribution in [1.29, 1.82) is 0 Å². The lowest BCUT2D eigenvalue weighted by Gasteiger charge is -2.00. The molecule has 1 fully saturated rings. The highest BCUT2D eigenvalue weighted by Gasteiger charge is 2.55. The number of nitrogens with two attached hydrogens (primary N) is 1. The third-order valence-corrected chi connectivity index (χ3v) is 5.57. The summed E-state index contributed by atoms with van der Waals surface area (Å²) >= 11 is 5.78. The molecule has 0 saturated heterocycles. The van der Waals surface area contributed by atoms with E-state index in [1.54, 1.807) is 19.1 Å². The average Bonchev–Trinajstić information content (AvgIpc) is 2.92. The molecule has 0 radical (unpaired) electrons. The van der Waals surface area contributed by atoms with Crippen LogP contribution in [-0.2, 0) is 9.84 Å². The predicted octanol–water partition coefficient (Wildman–Crippen LogP) is 1.57. The van der Waals surface area contributed by atoms with Crippen LogP contribution in [-0.4, -0.2) is 25.5 Å². The van der Waals surface area contributed by atoms with E-state index in [0.717, 1.165) is 5.56 Å². The fourth-order valence-electron chi connectivity index (χ4n) is 2.06. The van der Waals surface area contributed by atoms with E-state index < -0.39 is 15.1 Å². The Bertz CT molecular complexity index is 483. The van der Waals surface area contributed by atoms with Gasteiger partial charge < -0.3 is 5.73 Å². The first-order valence-electron chi connectivity index (χ1n) is 5.20. The van der Waals surface area contributed by atoms with Gasteiger partial charge in [0.15, 0.2) is 9.84 Å². The van der Waals surface area contributed by atoms with Gasteiger partial charge >= 0.3 is 0 Å². The van der Waals surface area contributed by atoms with Gasteiger partial charge in [0.1, 0.15) is 0 Å². The van der Waals surface area contributed by atoms with Crippen LogP contribution in [0.3, 0.4) is 0 Å². The van der Waals surface area contributed by atoms with Crippen molar-refractivity contribution < 1.29 is 8.42 Å². The van der Waals surface area contributed by atoms with Crippen LogP contribution in [0.5, 0.6) is 0 Å². The first-order chi connectivity index (χ1) is 7.47. The van der Waals surface area contributed by atoms with Gasteiger partial charge in [0, 0.05) is 22.7 Å². The number of halogens is 1. The molecule has 1 aliphatic carbocycles. The molecular formula is C11H14ClNO2S. The van der Waals surface area contributed by atoms with E-state index in [0.29, 0.717) is 5.02 Å². The molecule has 0 spiro atoms. The average molecular weight is 260 g/mol. The molecule has 88 valence electrons. The zero-order chi connectivity index (χ0) is 11.9. The molecule has 1 aromatic rings. The summed E-state index contributed by atoms with van der Waals surface area (Å²) in [6.45, 7) is 1.65. The summed E-state index contributed by atoms with van der Waals surface area (Å²) in [7, 11) is -3.04. The number of hydrogen-bond donors (Lipinski definition) is 1. The second-order valence-electron chi connectivity index (χ2n) is 4.07. The maximum atomic E-state index is 11.7. The molecule has 0 aromatic heterocycles. The topological polar surface area (TPSA) is 60.2 Å². The zero-order valence-corrected chi connectivity index (χ0v) is 10.5. The van der Waals surface area contributed by atoms with Crippen LogP contribution in [0.15, 0.2) is 24.3 Å². The van der Waals surface area contributed by atoms with Gasteiger partial charge in [-0.25, -0.2) is 8.42 Å². The van der Waals surface area contributed by atoms with Crippen molar-refractivity contribution in [3.8, 4) is 0 Å². The molecule has 0 unspecified atom stereocenters. The largest absolute Gasteiger partial charge is 0.326 e. The number of sulfone groups is 1. The van der Waals surface area contributed by atoms with Crippen LogP contribution < -0.4 is 5.73 Å². The highest BCUT2D eigenvalue weighted by atomic mass is 35.5. The van der Waals surface area contributed by atoms with E-state index in [1.165, 1.54) is 0 Å². The molecule has 16 heavy (non-hydrogen) atoms. The van der Waals surface area contributed by atoms with Crippen molar-refractivity contribution in [3.05, 3.63) is 34.9 Å². The number of benzene rings is 1. The maximum absolute atomic E-state index is 11.7. The summed E-state index contributed by atoms with van der Waals surface area (Å²) in [5.74, 6) is 0.0809. The molecule has 2 N–H and O–H groups in total. The van der Waals surface area contributed by atoms with Crippen LogP contribution in [0.2, 0.25) is 5.02 Å². The lowest BCUT2D eigenvalue weighted by atomic mass is 10.1. The van der Waals surface area contributed by atoms with Crippen molar-refractivity contribution in [2.45, 2.75) is 24.1 Å². The van der Waals surface area contributed by atoms with E-state index in [1.807, 2.05) is 12.1 Å². The van der Waals surface area contributed by atoms with Crippen molar-refractivity contribution >= 4 is 21.4 Å². The molecule has 3 atom stereocenters. The highest BCUT2D eigenvalue weighted by molar-refractivity contribution is 7.92. The zero-order valence-electron chi connectivity index (χ0n) is 8.93. The number of rotatable bonds is 3. The van der Waals surface area contributed by atoms with Gasteiger partial charge in [-0.3, -0.25) is 0 Å². The third kappa shape index (κ3) is 1.97. The van der Waals surface area contributed by atoms with Crippen molar-refractivity contribution in [2.75, 3.05) is 5.75 Å². The van der Waals surface area contributed by atoms with E-state index in [4.69, 9.17) is 17.3 Å². The molecular weight excluding hydrogens is 246 g/mol. The third-order valence-electron chi connectivity index (χ3n) is 3.08. The Hall–Kier alpha value is -0.580. The standard InChI is InChI=1S/C11H14ClNO2S/c1-2-16(14,15)11-9(10(11)13)7-3-5-8(12)6-4-7/h3-6,9-11H,2,13H2,1H3/t9-,10+,11+/m1/s1. The van der Waals surface area contributed by atoms with Crippen LogP contribution >= 0.6 is 11.6 Å². The normalized spacial score (nSPS) is 29.1. The monoisotopic (exact) mass is 259 g/mol. The summed E-state index contributed by atoms with van der Waals surface area (Å²) < 4.78 is 23.4. The molecule has 0 bridgehead atoms. The summed E-state index contributed by atoms with van der Waals surface area (Å²) in [5.41, 5.74) is 6.79. The van der Waals surface area contributed by atoms with Gasteiger partial charge in [0.05, 0.1) is 5.25 Å². The van der Waals surface area contributed by atoms with E-state index in [-0.39, 0.29) is 17.7 Å². The minimum absolute atomic E-state index is 0.0674. The molecule has 3 nitrogen and oxygen atoms in total. The molecule has 0 heterocycles. The molecule has 2 rings (SSSR count). The van der Waals surface area contributed by atoms with Gasteiger partial charge in [-0.05, 0) is 17.7 Å². The molecule has 5 heteroatoms. The smallest absolute Gasteiger partial charge is 0.155 e. The fraction of sp³-hybridized carbons (Fsp3) is 0.455. The molecule has 0 amide bonds. The Balaban J connectivity index is 2.24. The highest BCUT2D eigenvalue weighted by Crippen LogP contribution is 2.45. The molecule has 1 aromatic carbocycles. The first-order valence-corrected chi connectivity index (χ1v) is 7.29. The van der Waals surface area contributed by atoms with Crippen molar-refractivity contribution in [1.82, 2.24) is 0 Å². The summed E-state index contributed by atoms with van der Waals surface area (Å²) in [6.07, 6.45) is 0. The van der Waals surface area contributed by atoms with E-state index in [9.17, 15) is 8.42 Å². The van der Waals surface area contributed by atoms with Gasteiger partial charge in [0.25, 0.3) is 0 Å². The minimum Gasteiger partial charge on any atom is -0.326 e. The fourth-order valence-corrected chi connectivity index (χ4v) is 3.91. The quantitative estimate of drug-likeness (QED) is 0.896. The van der Waals surface area contributed by atoms with Gasteiger partial charge in [-0.1, -0.05) is 30.7 Å². The van der Waals surface area contributed by atoms with Crippen LogP contribution in [0.4, 0.5) is 0 Å². The van der Waals surface area contributed by atoms with E-state index in [2.05, 4.69) is 0 Å². The summed E-state index contributed by atoms with van der Waals surface area (Å²) in [5, 5.41) is 0.228. The lowest BCUT2D eigenvalue weighted by molar-refractivity contribution is 0.594. The van der Waals surface area contributed by atoms with Crippen LogP contribution in [0, 0.1) is 0 Å². The Morgan fingerprint density at radius 3 is 2.38 bits per heavy atom. The first kappa shape index (κ1) is 11.9. The minimum atomic E-state index is -3.04. The van der Waals surface area contributed by atoms with Gasteiger partial charge in [-0.2, -0.15) is 0 Å². The molecule has 1 saturated carbocycles. The van der Waals surface area contributed by atoms with Crippen molar-refractivity contribution in [2.24, 2.45) is 5.73 Å². The second-order valence-corrected chi connectivity index (χ2v) is 6.95. The summed E-state index contributed by atoms with van der Waals surface area (Å²) in [4.78, 5) is 0. The SMILES string of the molecule is CCS(=O)(=O)[C@@H]1[C@@H](N)[C@H]1c1ccc(Cl)cc1. The lowest BCUT2D eigenvalue weighted by Crippen LogP contribution is -2.17. The molecule has 1 aliphatic rings. The Labute approximate surface area is 101 Å². The van der Waals surface area contributed by atoms with Gasteiger partial charge in [-0.15, -0.1) is 0 Å². The molecule has 0 aliphatic heterocycles. The van der Waals surface area contributed by atoms with Crippen molar-refractivity contribution in [3.63, 3.8) is 0 Å². The summed E-state index contributed by atoms with van der Waals surface area (Å²) in [6, 6.07) is 6.94. The predicted molar refractivity (Wildman–Crippen MR) is 65.4 cm³/mol. The second kappa shape index (κ2) is 4.02. The Kier molecular flexibility index (Phi) is 2.99. The van der Waals surface area contributed by atoms with E-state index >= 15 is 0 Å². The number of hydrogen-bond acceptors (Lipinski definition) is 3. The van der Waals surface area contributed by atoms with Crippen LogP contribution in [0.1, 0.15) is 18.4 Å². The Morgan fingerprint density at radius 2 is 1.88 bits per heavy atom.